The van der Waals surface area contributed by atoms with Crippen LogP contribution in [-0.2, 0) is 7.05 Å². The van der Waals surface area contributed by atoms with Crippen molar-refractivity contribution in [2.75, 3.05) is 32.7 Å². The minimum Gasteiger partial charge on any atom is -0.335 e. The largest absolute Gasteiger partial charge is 0.335 e. The molecule has 0 bridgehead atoms. The van der Waals surface area contributed by atoms with E-state index in [1.807, 2.05) is 25.1 Å². The van der Waals surface area contributed by atoms with Crippen molar-refractivity contribution in [3.8, 4) is 0 Å². The van der Waals surface area contributed by atoms with Gasteiger partial charge in [-0.05, 0) is 13.5 Å². The van der Waals surface area contributed by atoms with Crippen molar-refractivity contribution < 1.29 is 4.79 Å². The number of likely N-dealkylation sites (N-methyl/N-ethyl adjacent to an activating group) is 1. The van der Waals surface area contributed by atoms with E-state index in [1.165, 1.54) is 0 Å². The lowest BCUT2D eigenvalue weighted by Gasteiger charge is -2.33. The van der Waals surface area contributed by atoms with Crippen molar-refractivity contribution in [2.45, 2.75) is 13.8 Å². The molecule has 2 rings (SSSR count). The summed E-state index contributed by atoms with van der Waals surface area (Å²) in [5.74, 6) is 0.0684. The van der Waals surface area contributed by atoms with Gasteiger partial charge in [0.2, 0.25) is 0 Å². The van der Waals surface area contributed by atoms with Gasteiger partial charge in [-0.3, -0.25) is 9.48 Å². The third-order valence-electron chi connectivity index (χ3n) is 3.32. The van der Waals surface area contributed by atoms with Crippen LogP contribution in [0.4, 0.5) is 0 Å². The monoisotopic (exact) mass is 236 g/mol. The summed E-state index contributed by atoms with van der Waals surface area (Å²) in [6.07, 6.45) is 1.88. The number of nitrogens with zero attached hydrogens (tertiary/aromatic N) is 4. The van der Waals surface area contributed by atoms with Gasteiger partial charge in [0.05, 0.1) is 0 Å². The van der Waals surface area contributed by atoms with Crippen LogP contribution in [0.3, 0.4) is 0 Å². The number of carbonyl (C=O) groups excluding carboxylic acids is 1. The molecule has 0 atom stereocenters. The van der Waals surface area contributed by atoms with Crippen LogP contribution in [0.25, 0.3) is 0 Å². The highest BCUT2D eigenvalue weighted by atomic mass is 16.2. The summed E-state index contributed by atoms with van der Waals surface area (Å²) in [7, 11) is 1.85. The van der Waals surface area contributed by atoms with Crippen molar-refractivity contribution in [3.05, 3.63) is 17.5 Å². The number of piperazine rings is 1. The predicted molar refractivity (Wildman–Crippen MR) is 66.0 cm³/mol. The maximum Gasteiger partial charge on any atom is 0.274 e. The zero-order valence-corrected chi connectivity index (χ0v) is 10.8. The van der Waals surface area contributed by atoms with Crippen LogP contribution in [0.2, 0.25) is 0 Å². The Kier molecular flexibility index (Phi) is 3.47. The number of amides is 1. The second-order valence-corrected chi connectivity index (χ2v) is 4.56. The molecule has 1 aromatic rings. The molecular weight excluding hydrogens is 216 g/mol. The van der Waals surface area contributed by atoms with Crippen LogP contribution in [0, 0.1) is 6.92 Å². The van der Waals surface area contributed by atoms with Crippen LogP contribution in [-0.4, -0.2) is 58.2 Å². The van der Waals surface area contributed by atoms with E-state index in [4.69, 9.17) is 0 Å². The third-order valence-corrected chi connectivity index (χ3v) is 3.32. The SMILES string of the molecule is CCN1CCN(C(=O)c2nn(C)cc2C)CC1. The van der Waals surface area contributed by atoms with Crippen molar-refractivity contribution >= 4 is 5.91 Å². The van der Waals surface area contributed by atoms with Crippen molar-refractivity contribution in [3.63, 3.8) is 0 Å². The van der Waals surface area contributed by atoms with Gasteiger partial charge in [0, 0.05) is 45.0 Å². The van der Waals surface area contributed by atoms with Gasteiger partial charge in [-0.1, -0.05) is 6.92 Å². The number of hydrogen-bond acceptors (Lipinski definition) is 3. The lowest BCUT2D eigenvalue weighted by Crippen LogP contribution is -2.48. The third kappa shape index (κ3) is 2.49. The fraction of sp³-hybridized carbons (Fsp3) is 0.667. The van der Waals surface area contributed by atoms with Gasteiger partial charge in [0.25, 0.3) is 5.91 Å². The quantitative estimate of drug-likeness (QED) is 0.751. The van der Waals surface area contributed by atoms with E-state index in [1.54, 1.807) is 4.68 Å². The minimum atomic E-state index is 0.0684. The van der Waals surface area contributed by atoms with E-state index in [0.29, 0.717) is 5.69 Å². The summed E-state index contributed by atoms with van der Waals surface area (Å²) >= 11 is 0. The molecular formula is C12H20N4O. The molecule has 1 amide bonds. The first-order valence-electron chi connectivity index (χ1n) is 6.13. The fourth-order valence-corrected chi connectivity index (χ4v) is 2.24. The van der Waals surface area contributed by atoms with E-state index in [9.17, 15) is 4.79 Å². The zero-order valence-electron chi connectivity index (χ0n) is 10.8. The fourth-order valence-electron chi connectivity index (χ4n) is 2.24. The van der Waals surface area contributed by atoms with Gasteiger partial charge in [-0.25, -0.2) is 0 Å². The van der Waals surface area contributed by atoms with E-state index in [2.05, 4.69) is 16.9 Å². The highest BCUT2D eigenvalue weighted by Gasteiger charge is 2.24. The molecule has 0 spiro atoms. The Labute approximate surface area is 102 Å². The molecule has 1 aliphatic rings. The summed E-state index contributed by atoms with van der Waals surface area (Å²) in [5, 5.41) is 4.24. The van der Waals surface area contributed by atoms with Crippen LogP contribution in [0.15, 0.2) is 6.20 Å². The molecule has 0 aromatic carbocycles. The molecule has 1 aliphatic heterocycles. The average molecular weight is 236 g/mol. The topological polar surface area (TPSA) is 41.4 Å². The van der Waals surface area contributed by atoms with Gasteiger partial charge in [-0.2, -0.15) is 5.10 Å². The maximum atomic E-state index is 12.3. The van der Waals surface area contributed by atoms with E-state index in [0.717, 1.165) is 38.3 Å². The van der Waals surface area contributed by atoms with Gasteiger partial charge >= 0.3 is 0 Å². The van der Waals surface area contributed by atoms with Crippen LogP contribution in [0.5, 0.6) is 0 Å². The van der Waals surface area contributed by atoms with E-state index in [-0.39, 0.29) is 5.91 Å². The summed E-state index contributed by atoms with van der Waals surface area (Å²) in [5.41, 5.74) is 1.55. The summed E-state index contributed by atoms with van der Waals surface area (Å²) in [6.45, 7) is 8.70. The Morgan fingerprint density at radius 3 is 2.47 bits per heavy atom. The Morgan fingerprint density at radius 1 is 1.35 bits per heavy atom. The highest BCUT2D eigenvalue weighted by Crippen LogP contribution is 2.10. The van der Waals surface area contributed by atoms with Gasteiger partial charge in [-0.15, -0.1) is 0 Å². The Morgan fingerprint density at radius 2 is 2.00 bits per heavy atom. The van der Waals surface area contributed by atoms with Crippen LogP contribution >= 0.6 is 0 Å². The number of aryl methyl sites for hydroxylation is 2. The second-order valence-electron chi connectivity index (χ2n) is 4.56. The standard InChI is InChI=1S/C12H20N4O/c1-4-15-5-7-16(8-6-15)12(17)11-10(2)9-14(3)13-11/h9H,4-8H2,1-3H3. The Balaban J connectivity index is 2.04. The second kappa shape index (κ2) is 4.87. The Hall–Kier alpha value is -1.36. The summed E-state index contributed by atoms with van der Waals surface area (Å²) < 4.78 is 1.70. The molecule has 94 valence electrons. The Bertz CT molecular complexity index is 405. The molecule has 5 heteroatoms. The molecule has 17 heavy (non-hydrogen) atoms. The number of hydrogen-bond donors (Lipinski definition) is 0. The molecule has 0 N–H and O–H groups in total. The first kappa shape index (κ1) is 12.1. The molecule has 2 heterocycles. The molecule has 0 aliphatic carbocycles. The molecule has 0 saturated carbocycles. The van der Waals surface area contributed by atoms with Gasteiger partial charge in [0.15, 0.2) is 5.69 Å². The lowest BCUT2D eigenvalue weighted by molar-refractivity contribution is 0.0636. The number of rotatable bonds is 2. The number of carbonyl (C=O) groups is 1. The van der Waals surface area contributed by atoms with Crippen LogP contribution in [0.1, 0.15) is 23.0 Å². The summed E-state index contributed by atoms with van der Waals surface area (Å²) in [4.78, 5) is 16.5. The minimum absolute atomic E-state index is 0.0684. The predicted octanol–water partition coefficient (Wildman–Crippen LogP) is 0.506. The smallest absolute Gasteiger partial charge is 0.274 e. The molecule has 1 aromatic heterocycles. The molecule has 1 fully saturated rings. The first-order chi connectivity index (χ1) is 8.11. The maximum absolute atomic E-state index is 12.3. The molecule has 5 nitrogen and oxygen atoms in total. The van der Waals surface area contributed by atoms with Crippen molar-refractivity contribution in [2.24, 2.45) is 7.05 Å². The van der Waals surface area contributed by atoms with Crippen LogP contribution < -0.4 is 0 Å². The van der Waals surface area contributed by atoms with E-state index < -0.39 is 0 Å². The first-order valence-corrected chi connectivity index (χ1v) is 6.13. The molecule has 0 unspecified atom stereocenters. The van der Waals surface area contributed by atoms with E-state index >= 15 is 0 Å². The van der Waals surface area contributed by atoms with Crippen molar-refractivity contribution in [1.29, 1.82) is 0 Å². The lowest BCUT2D eigenvalue weighted by atomic mass is 10.2. The van der Waals surface area contributed by atoms with Crippen molar-refractivity contribution in [1.82, 2.24) is 19.6 Å². The molecule has 1 saturated heterocycles. The highest BCUT2D eigenvalue weighted by molar-refractivity contribution is 5.93. The van der Waals surface area contributed by atoms with Gasteiger partial charge in [0.1, 0.15) is 0 Å². The summed E-state index contributed by atoms with van der Waals surface area (Å²) in [6, 6.07) is 0. The normalized spacial score (nSPS) is 17.5. The van der Waals surface area contributed by atoms with Gasteiger partial charge < -0.3 is 9.80 Å². The molecule has 0 radical (unpaired) electrons. The average Bonchev–Trinajstić information content (AvgIpc) is 2.68. The number of aromatic nitrogens is 2. The zero-order chi connectivity index (χ0) is 12.4.